The predicted molar refractivity (Wildman–Crippen MR) is 115 cm³/mol. The zero-order chi connectivity index (χ0) is 22.5. The molecule has 0 radical (unpaired) electrons. The lowest BCUT2D eigenvalue weighted by Crippen LogP contribution is -2.51. The fraction of sp³-hybridized carbons (Fsp3) is 0.391. The van der Waals surface area contributed by atoms with Crippen LogP contribution in [0, 0.1) is 5.41 Å². The molecule has 0 aromatic heterocycles. The number of sulfonamides is 1. The number of rotatable bonds is 7. The van der Waals surface area contributed by atoms with Gasteiger partial charge in [0.1, 0.15) is 0 Å². The Labute approximate surface area is 183 Å². The van der Waals surface area contributed by atoms with E-state index in [-0.39, 0.29) is 30.2 Å². The molecule has 1 fully saturated rings. The predicted octanol–water partition coefficient (Wildman–Crippen LogP) is 3.05. The van der Waals surface area contributed by atoms with Gasteiger partial charge in [0.2, 0.25) is 10.0 Å². The number of piperidine rings is 1. The maximum Gasteiger partial charge on any atom is 0.339 e. The van der Waals surface area contributed by atoms with E-state index < -0.39 is 27.4 Å². The minimum Gasteiger partial charge on any atom is -0.466 e. The van der Waals surface area contributed by atoms with E-state index in [1.165, 1.54) is 23.5 Å². The number of carbonyl (C=O) groups is 2. The molecule has 0 aliphatic carbocycles. The number of ether oxygens (including phenoxy) is 2. The van der Waals surface area contributed by atoms with E-state index in [2.05, 4.69) is 0 Å². The highest BCUT2D eigenvalue weighted by Crippen LogP contribution is 2.38. The zero-order valence-electron chi connectivity index (χ0n) is 17.7. The van der Waals surface area contributed by atoms with E-state index in [9.17, 15) is 18.0 Å². The number of nitrogens with zero attached hydrogens (tertiary/aromatic N) is 1. The Morgan fingerprint density at radius 1 is 1.06 bits per heavy atom. The van der Waals surface area contributed by atoms with Crippen molar-refractivity contribution in [2.24, 2.45) is 5.41 Å². The molecule has 166 valence electrons. The first kappa shape index (κ1) is 23.0. The number of hydrogen-bond donors (Lipinski definition) is 0. The molecule has 0 saturated carbocycles. The Hall–Kier alpha value is -2.71. The molecule has 31 heavy (non-hydrogen) atoms. The first-order valence-electron chi connectivity index (χ1n) is 10.2. The van der Waals surface area contributed by atoms with Gasteiger partial charge in [-0.1, -0.05) is 42.5 Å². The highest BCUT2D eigenvalue weighted by Gasteiger charge is 2.47. The number of benzene rings is 2. The van der Waals surface area contributed by atoms with Crippen LogP contribution in [0.4, 0.5) is 0 Å². The fourth-order valence-corrected chi connectivity index (χ4v) is 5.80. The van der Waals surface area contributed by atoms with Crippen LogP contribution < -0.4 is 0 Å². The topological polar surface area (TPSA) is 90.0 Å². The smallest absolute Gasteiger partial charge is 0.339 e. The average molecular weight is 446 g/mol. The summed E-state index contributed by atoms with van der Waals surface area (Å²) in [6, 6.07) is 15.5. The molecule has 8 heteroatoms. The van der Waals surface area contributed by atoms with E-state index in [1.807, 2.05) is 30.3 Å². The van der Waals surface area contributed by atoms with Crippen LogP contribution in [0.1, 0.15) is 35.7 Å². The second-order valence-electron chi connectivity index (χ2n) is 7.59. The Morgan fingerprint density at radius 2 is 1.74 bits per heavy atom. The molecule has 0 bridgehead atoms. The summed E-state index contributed by atoms with van der Waals surface area (Å²) in [6.45, 7) is 2.19. The quantitative estimate of drug-likeness (QED) is 0.609. The molecule has 1 heterocycles. The van der Waals surface area contributed by atoms with E-state index >= 15 is 0 Å². The van der Waals surface area contributed by atoms with Crippen molar-refractivity contribution in [1.29, 1.82) is 0 Å². The van der Waals surface area contributed by atoms with Crippen LogP contribution in [0.15, 0.2) is 59.5 Å². The molecule has 2 aromatic carbocycles. The van der Waals surface area contributed by atoms with Gasteiger partial charge in [0.15, 0.2) is 0 Å². The van der Waals surface area contributed by atoms with Gasteiger partial charge < -0.3 is 9.47 Å². The summed E-state index contributed by atoms with van der Waals surface area (Å²) in [5.74, 6) is -1.13. The van der Waals surface area contributed by atoms with Crippen LogP contribution >= 0.6 is 0 Å². The monoisotopic (exact) mass is 445 g/mol. The molecule has 1 aliphatic heterocycles. The van der Waals surface area contributed by atoms with Crippen LogP contribution in [-0.2, 0) is 30.7 Å². The second-order valence-corrected chi connectivity index (χ2v) is 9.50. The molecule has 7 nitrogen and oxygen atoms in total. The van der Waals surface area contributed by atoms with E-state index in [4.69, 9.17) is 9.47 Å². The number of carbonyl (C=O) groups excluding carboxylic acids is 2. The van der Waals surface area contributed by atoms with E-state index in [0.717, 1.165) is 5.56 Å². The molecule has 0 N–H and O–H groups in total. The van der Waals surface area contributed by atoms with E-state index in [1.54, 1.807) is 19.1 Å². The maximum absolute atomic E-state index is 13.5. The Morgan fingerprint density at radius 3 is 2.42 bits per heavy atom. The lowest BCUT2D eigenvalue weighted by molar-refractivity contribution is -0.157. The summed E-state index contributed by atoms with van der Waals surface area (Å²) in [6.07, 6.45) is 1.40. The minimum absolute atomic E-state index is 0.0153. The van der Waals surface area contributed by atoms with Crippen LogP contribution in [0.3, 0.4) is 0 Å². The van der Waals surface area contributed by atoms with E-state index in [0.29, 0.717) is 19.3 Å². The SMILES string of the molecule is CCOC(=O)[C@@]1(Cc2ccccc2)CCCN(S(=O)(=O)c2ccccc2C(=O)OC)C1. The van der Waals surface area contributed by atoms with Gasteiger partial charge in [-0.3, -0.25) is 4.79 Å². The van der Waals surface area contributed by atoms with Crippen molar-refractivity contribution < 1.29 is 27.5 Å². The molecular weight excluding hydrogens is 418 g/mol. The van der Waals surface area contributed by atoms with Gasteiger partial charge in [-0.2, -0.15) is 4.31 Å². The Bertz CT molecular complexity index is 1040. The highest BCUT2D eigenvalue weighted by molar-refractivity contribution is 7.89. The maximum atomic E-state index is 13.5. The van der Waals surface area contributed by atoms with Gasteiger partial charge >= 0.3 is 11.9 Å². The fourth-order valence-electron chi connectivity index (χ4n) is 4.06. The second kappa shape index (κ2) is 9.62. The highest BCUT2D eigenvalue weighted by atomic mass is 32.2. The molecule has 1 saturated heterocycles. The molecule has 1 atom stereocenters. The van der Waals surface area contributed by atoms with Crippen molar-refractivity contribution >= 4 is 22.0 Å². The molecule has 0 unspecified atom stereocenters. The summed E-state index contributed by atoms with van der Waals surface area (Å²) in [5.41, 5.74) is -0.0896. The van der Waals surface area contributed by atoms with Gasteiger partial charge in [-0.05, 0) is 43.9 Å². The molecular formula is C23H27NO6S. The van der Waals surface area contributed by atoms with Gasteiger partial charge in [0, 0.05) is 13.1 Å². The van der Waals surface area contributed by atoms with Crippen molar-refractivity contribution in [3.8, 4) is 0 Å². The summed E-state index contributed by atoms with van der Waals surface area (Å²) in [5, 5.41) is 0. The van der Waals surface area contributed by atoms with Crippen molar-refractivity contribution in [3.05, 3.63) is 65.7 Å². The van der Waals surface area contributed by atoms with Gasteiger partial charge in [0.25, 0.3) is 0 Å². The average Bonchev–Trinajstić information content (AvgIpc) is 2.79. The van der Waals surface area contributed by atoms with Crippen LogP contribution in [-0.4, -0.2) is 51.5 Å². The summed E-state index contributed by atoms with van der Waals surface area (Å²) < 4.78 is 38.4. The van der Waals surface area contributed by atoms with Crippen molar-refractivity contribution in [2.75, 3.05) is 26.8 Å². The normalized spacial score (nSPS) is 19.5. The third-order valence-electron chi connectivity index (χ3n) is 5.55. The van der Waals surface area contributed by atoms with Gasteiger partial charge in [-0.15, -0.1) is 0 Å². The Balaban J connectivity index is 1.99. The lowest BCUT2D eigenvalue weighted by Gasteiger charge is -2.40. The first-order valence-corrected chi connectivity index (χ1v) is 11.7. The summed E-state index contributed by atoms with van der Waals surface area (Å²) in [7, 11) is -2.83. The third-order valence-corrected chi connectivity index (χ3v) is 7.45. The number of methoxy groups -OCH3 is 1. The Kier molecular flexibility index (Phi) is 7.12. The van der Waals surface area contributed by atoms with Gasteiger partial charge in [-0.25, -0.2) is 13.2 Å². The molecule has 0 amide bonds. The summed E-state index contributed by atoms with van der Waals surface area (Å²) >= 11 is 0. The van der Waals surface area contributed by atoms with Crippen molar-refractivity contribution in [3.63, 3.8) is 0 Å². The first-order chi connectivity index (χ1) is 14.8. The minimum atomic E-state index is -4.03. The van der Waals surface area contributed by atoms with Crippen LogP contribution in [0.2, 0.25) is 0 Å². The lowest BCUT2D eigenvalue weighted by atomic mass is 9.75. The molecule has 0 spiro atoms. The third kappa shape index (κ3) is 4.80. The van der Waals surface area contributed by atoms with Gasteiger partial charge in [0.05, 0.1) is 29.6 Å². The van der Waals surface area contributed by atoms with Crippen LogP contribution in [0.5, 0.6) is 0 Å². The zero-order valence-corrected chi connectivity index (χ0v) is 18.6. The van der Waals surface area contributed by atoms with Crippen molar-refractivity contribution in [2.45, 2.75) is 31.1 Å². The summed E-state index contributed by atoms with van der Waals surface area (Å²) in [4.78, 5) is 25.1. The number of hydrogen-bond acceptors (Lipinski definition) is 6. The largest absolute Gasteiger partial charge is 0.466 e. The van der Waals surface area contributed by atoms with Crippen LogP contribution in [0.25, 0.3) is 0 Å². The van der Waals surface area contributed by atoms with Crippen molar-refractivity contribution in [1.82, 2.24) is 4.31 Å². The molecule has 1 aliphatic rings. The molecule has 2 aromatic rings. The number of esters is 2. The standard InChI is InChI=1S/C23H27NO6S/c1-3-30-22(26)23(16-18-10-5-4-6-11-18)14-9-15-24(17-23)31(27,28)20-13-8-7-12-19(20)21(25)29-2/h4-8,10-13H,3,9,14-17H2,1-2H3/t23-/m1/s1. The molecule has 3 rings (SSSR count).